The number of nitrogens with zero attached hydrogens (tertiary/aromatic N) is 1. The zero-order valence-corrected chi connectivity index (χ0v) is 8.80. The van der Waals surface area contributed by atoms with Crippen molar-refractivity contribution in [2.75, 3.05) is 19.8 Å². The van der Waals surface area contributed by atoms with Gasteiger partial charge in [0, 0.05) is 14.1 Å². The summed E-state index contributed by atoms with van der Waals surface area (Å²) in [6, 6.07) is 0. The molecular weight excluding hydrogens is 190 g/mol. The fraction of sp³-hybridized carbons (Fsp3) is 0.875. The van der Waals surface area contributed by atoms with Crippen molar-refractivity contribution in [2.45, 2.75) is 24.5 Å². The van der Waals surface area contributed by atoms with E-state index in [9.17, 15) is 13.2 Å². The Morgan fingerprint density at radius 1 is 1.31 bits per heavy atom. The van der Waals surface area contributed by atoms with E-state index in [0.29, 0.717) is 12.8 Å². The lowest BCUT2D eigenvalue weighted by atomic mass is 10.2. The summed E-state index contributed by atoms with van der Waals surface area (Å²) in [4.78, 5) is 12.8. The second kappa shape index (κ2) is 3.65. The van der Waals surface area contributed by atoms with Gasteiger partial charge in [0.05, 0.1) is 5.75 Å². The van der Waals surface area contributed by atoms with Gasteiger partial charge in [0.1, 0.15) is 5.25 Å². The molecule has 0 saturated carbocycles. The van der Waals surface area contributed by atoms with Crippen LogP contribution in [0.5, 0.6) is 0 Å². The lowest BCUT2D eigenvalue weighted by Gasteiger charge is -2.23. The predicted molar refractivity (Wildman–Crippen MR) is 50.1 cm³/mol. The van der Waals surface area contributed by atoms with Crippen LogP contribution < -0.4 is 0 Å². The van der Waals surface area contributed by atoms with Gasteiger partial charge in [0.25, 0.3) is 0 Å². The highest BCUT2D eigenvalue weighted by molar-refractivity contribution is 7.92. The minimum absolute atomic E-state index is 0.164. The lowest BCUT2D eigenvalue weighted by molar-refractivity contribution is -0.128. The molecule has 0 aliphatic carbocycles. The Bertz CT molecular complexity index is 295. The van der Waals surface area contributed by atoms with E-state index in [-0.39, 0.29) is 11.7 Å². The summed E-state index contributed by atoms with van der Waals surface area (Å²) in [6.45, 7) is 0. The van der Waals surface area contributed by atoms with Crippen LogP contribution in [-0.2, 0) is 14.6 Å². The maximum absolute atomic E-state index is 11.5. The van der Waals surface area contributed by atoms with E-state index in [4.69, 9.17) is 0 Å². The molecule has 0 aromatic carbocycles. The molecule has 0 N–H and O–H groups in total. The fourth-order valence-corrected chi connectivity index (χ4v) is 3.45. The Morgan fingerprint density at radius 2 is 1.92 bits per heavy atom. The molecule has 0 radical (unpaired) electrons. The van der Waals surface area contributed by atoms with Crippen LogP contribution >= 0.6 is 0 Å². The van der Waals surface area contributed by atoms with Crippen molar-refractivity contribution in [1.82, 2.24) is 4.90 Å². The summed E-state index contributed by atoms with van der Waals surface area (Å²) in [7, 11) is 0.0205. The Labute approximate surface area is 78.8 Å². The first-order chi connectivity index (χ1) is 5.95. The van der Waals surface area contributed by atoms with Gasteiger partial charge in [0.2, 0.25) is 5.91 Å². The van der Waals surface area contributed by atoms with Gasteiger partial charge in [-0.25, -0.2) is 8.42 Å². The van der Waals surface area contributed by atoms with Crippen LogP contribution in [0.15, 0.2) is 0 Å². The molecule has 1 aliphatic heterocycles. The molecule has 4 nitrogen and oxygen atoms in total. The molecule has 1 heterocycles. The second-order valence-corrected chi connectivity index (χ2v) is 5.89. The van der Waals surface area contributed by atoms with Gasteiger partial charge in [-0.15, -0.1) is 0 Å². The molecule has 0 aromatic heterocycles. The predicted octanol–water partition coefficient (Wildman–Crippen LogP) is 0.0419. The third-order valence-corrected chi connectivity index (χ3v) is 4.46. The van der Waals surface area contributed by atoms with Gasteiger partial charge >= 0.3 is 0 Å². The first kappa shape index (κ1) is 10.5. The number of hydrogen-bond acceptors (Lipinski definition) is 3. The molecule has 76 valence electrons. The smallest absolute Gasteiger partial charge is 0.240 e. The van der Waals surface area contributed by atoms with Crippen LogP contribution in [0.4, 0.5) is 0 Å². The molecule has 5 heteroatoms. The monoisotopic (exact) mass is 205 g/mol. The van der Waals surface area contributed by atoms with Gasteiger partial charge < -0.3 is 4.90 Å². The van der Waals surface area contributed by atoms with Crippen LogP contribution in [0.2, 0.25) is 0 Å². The quantitative estimate of drug-likeness (QED) is 0.607. The fourth-order valence-electron chi connectivity index (χ4n) is 1.52. The van der Waals surface area contributed by atoms with E-state index in [1.807, 2.05) is 0 Å². The molecule has 1 unspecified atom stereocenters. The minimum atomic E-state index is -3.16. The maximum atomic E-state index is 11.5. The molecule has 0 spiro atoms. The van der Waals surface area contributed by atoms with E-state index >= 15 is 0 Å². The summed E-state index contributed by atoms with van der Waals surface area (Å²) in [6.07, 6.45) is 2.02. The van der Waals surface area contributed by atoms with Gasteiger partial charge in [0.15, 0.2) is 9.84 Å². The average Bonchev–Trinajstić information content (AvgIpc) is 2.02. The van der Waals surface area contributed by atoms with Crippen LogP contribution in [0.3, 0.4) is 0 Å². The van der Waals surface area contributed by atoms with Crippen molar-refractivity contribution >= 4 is 15.7 Å². The topological polar surface area (TPSA) is 54.5 Å². The number of rotatable bonds is 1. The molecular formula is C8H15NO3S. The molecule has 1 amide bonds. The minimum Gasteiger partial charge on any atom is -0.348 e. The van der Waals surface area contributed by atoms with E-state index in [1.54, 1.807) is 14.1 Å². The average molecular weight is 205 g/mol. The number of amides is 1. The van der Waals surface area contributed by atoms with Gasteiger partial charge in [-0.05, 0) is 12.8 Å². The molecule has 1 atom stereocenters. The van der Waals surface area contributed by atoms with Crippen LogP contribution in [0.25, 0.3) is 0 Å². The SMILES string of the molecule is CN(C)C(=O)C1CCCCS1(=O)=O. The van der Waals surface area contributed by atoms with Gasteiger partial charge in [-0.2, -0.15) is 0 Å². The number of carbonyl (C=O) groups excluding carboxylic acids is 1. The van der Waals surface area contributed by atoms with E-state index in [0.717, 1.165) is 6.42 Å². The first-order valence-electron chi connectivity index (χ1n) is 4.38. The normalized spacial score (nSPS) is 26.8. The lowest BCUT2D eigenvalue weighted by Crippen LogP contribution is -2.42. The van der Waals surface area contributed by atoms with Crippen molar-refractivity contribution in [3.05, 3.63) is 0 Å². The zero-order valence-electron chi connectivity index (χ0n) is 7.99. The summed E-state index contributed by atoms with van der Waals surface area (Å²) in [5.74, 6) is -0.114. The summed E-state index contributed by atoms with van der Waals surface area (Å²) >= 11 is 0. The molecule has 13 heavy (non-hydrogen) atoms. The highest BCUT2D eigenvalue weighted by atomic mass is 32.2. The van der Waals surface area contributed by atoms with Crippen LogP contribution in [-0.4, -0.2) is 44.3 Å². The van der Waals surface area contributed by atoms with Gasteiger partial charge in [-0.1, -0.05) is 6.42 Å². The summed E-state index contributed by atoms with van der Waals surface area (Å²) < 4.78 is 23.0. The van der Waals surface area contributed by atoms with Crippen molar-refractivity contribution in [2.24, 2.45) is 0 Å². The summed E-state index contributed by atoms with van der Waals surface area (Å²) in [5.41, 5.74) is 0. The zero-order chi connectivity index (χ0) is 10.1. The van der Waals surface area contributed by atoms with Crippen molar-refractivity contribution in [3.8, 4) is 0 Å². The van der Waals surface area contributed by atoms with Crippen molar-refractivity contribution in [3.63, 3.8) is 0 Å². The van der Waals surface area contributed by atoms with Crippen molar-refractivity contribution < 1.29 is 13.2 Å². The Kier molecular flexibility index (Phi) is 2.95. The number of carbonyl (C=O) groups is 1. The Hall–Kier alpha value is -0.580. The highest BCUT2D eigenvalue weighted by Crippen LogP contribution is 2.20. The molecule has 0 aromatic rings. The third-order valence-electron chi connectivity index (χ3n) is 2.29. The largest absolute Gasteiger partial charge is 0.348 e. The van der Waals surface area contributed by atoms with Crippen LogP contribution in [0.1, 0.15) is 19.3 Å². The molecule has 1 fully saturated rings. The number of hydrogen-bond donors (Lipinski definition) is 0. The maximum Gasteiger partial charge on any atom is 0.240 e. The highest BCUT2D eigenvalue weighted by Gasteiger charge is 2.35. The van der Waals surface area contributed by atoms with Gasteiger partial charge in [-0.3, -0.25) is 4.79 Å². The molecule has 0 bridgehead atoms. The Morgan fingerprint density at radius 3 is 2.38 bits per heavy atom. The molecule has 1 saturated heterocycles. The second-order valence-electron chi connectivity index (χ2n) is 3.58. The summed E-state index contributed by atoms with van der Waals surface area (Å²) in [5, 5.41) is -0.781. The molecule has 1 aliphatic rings. The molecule has 1 rings (SSSR count). The van der Waals surface area contributed by atoms with Crippen LogP contribution in [0, 0.1) is 0 Å². The standard InChI is InChI=1S/C8H15NO3S/c1-9(2)8(10)7-5-3-4-6-13(7,11)12/h7H,3-6H2,1-2H3. The number of sulfone groups is 1. The van der Waals surface area contributed by atoms with Crippen molar-refractivity contribution in [1.29, 1.82) is 0 Å². The first-order valence-corrected chi connectivity index (χ1v) is 6.09. The van der Waals surface area contributed by atoms with E-state index in [1.165, 1.54) is 4.90 Å². The Balaban J connectivity index is 2.84. The van der Waals surface area contributed by atoms with E-state index < -0.39 is 15.1 Å². The third kappa shape index (κ3) is 2.21. The van der Waals surface area contributed by atoms with E-state index in [2.05, 4.69) is 0 Å².